The van der Waals surface area contributed by atoms with Crippen LogP contribution in [0.1, 0.15) is 35.7 Å². The van der Waals surface area contributed by atoms with E-state index < -0.39 is 58.4 Å². The van der Waals surface area contributed by atoms with Crippen molar-refractivity contribution in [3.8, 4) is 22.5 Å². The van der Waals surface area contributed by atoms with Gasteiger partial charge in [-0.05, 0) is 47.4 Å². The van der Waals surface area contributed by atoms with Gasteiger partial charge < -0.3 is 15.3 Å². The van der Waals surface area contributed by atoms with Crippen molar-refractivity contribution in [2.24, 2.45) is 0 Å². The maximum atomic E-state index is 12.3. The van der Waals surface area contributed by atoms with Gasteiger partial charge in [-0.2, -0.15) is 16.8 Å². The number of hydrogen-bond acceptors (Lipinski definition) is 8. The second kappa shape index (κ2) is 8.41. The summed E-state index contributed by atoms with van der Waals surface area (Å²) in [6, 6.07) is 9.45. The van der Waals surface area contributed by atoms with Gasteiger partial charge >= 0.3 is 5.97 Å². The van der Waals surface area contributed by atoms with Gasteiger partial charge in [0.2, 0.25) is 0 Å². The number of carboxylic acids is 1. The van der Waals surface area contributed by atoms with Gasteiger partial charge in [0.05, 0.1) is 16.6 Å². The van der Waals surface area contributed by atoms with Gasteiger partial charge in [-0.1, -0.05) is 26.0 Å². The molecule has 0 aromatic heterocycles. The molecular weight excluding hydrogens is 512 g/mol. The van der Waals surface area contributed by atoms with Crippen molar-refractivity contribution in [2.45, 2.75) is 29.6 Å². The van der Waals surface area contributed by atoms with E-state index in [9.17, 15) is 35.8 Å². The van der Waals surface area contributed by atoms with Crippen LogP contribution in [0, 0.1) is 5.41 Å². The van der Waals surface area contributed by atoms with Gasteiger partial charge in [-0.25, -0.2) is 4.79 Å². The molecule has 0 radical (unpaired) electrons. The van der Waals surface area contributed by atoms with Gasteiger partial charge in [-0.3, -0.25) is 14.5 Å². The molecule has 0 unspecified atom stereocenters. The molecule has 0 fully saturated rings. The van der Waals surface area contributed by atoms with Crippen LogP contribution < -0.4 is 11.1 Å². The fourth-order valence-corrected chi connectivity index (χ4v) is 5.60. The van der Waals surface area contributed by atoms with Gasteiger partial charge in [-0.15, -0.1) is 0 Å². The summed E-state index contributed by atoms with van der Waals surface area (Å²) in [5.74, 6) is -1.96. The minimum atomic E-state index is -5.07. The molecule has 2 aromatic carbocycles. The second-order valence-corrected chi connectivity index (χ2v) is 11.1. The molecule has 11 nitrogen and oxygen atoms in total. The van der Waals surface area contributed by atoms with Crippen molar-refractivity contribution >= 4 is 42.9 Å². The van der Waals surface area contributed by atoms with E-state index in [1.165, 1.54) is 30.3 Å². The van der Waals surface area contributed by atoms with E-state index in [1.54, 1.807) is 6.07 Å². The van der Waals surface area contributed by atoms with E-state index >= 15 is 0 Å². The Morgan fingerprint density at radius 1 is 0.944 bits per heavy atom. The predicted octanol–water partition coefficient (Wildman–Crippen LogP) is 3.58. The number of aromatic carboxylic acids is 1. The number of nitrogens with one attached hydrogen (secondary N) is 1. The van der Waals surface area contributed by atoms with Crippen molar-refractivity contribution < 1.29 is 40.3 Å². The highest BCUT2D eigenvalue weighted by Gasteiger charge is 2.31. The molecule has 1 heterocycles. The highest BCUT2D eigenvalue weighted by molar-refractivity contribution is 7.86. The molecule has 2 aliphatic rings. The first-order chi connectivity index (χ1) is 16.6. The molecular formula is C23H20N2O9S2. The molecule has 0 amide bonds. The lowest BCUT2D eigenvalue weighted by molar-refractivity contribution is 0.0697. The van der Waals surface area contributed by atoms with Crippen LogP contribution >= 0.6 is 0 Å². The molecule has 1 aliphatic heterocycles. The van der Waals surface area contributed by atoms with Crippen molar-refractivity contribution in [1.82, 2.24) is 0 Å². The lowest BCUT2D eigenvalue weighted by Crippen LogP contribution is -2.16. The molecule has 0 saturated heterocycles. The number of anilines is 1. The number of nitrogens with two attached hydrogens (primary N) is 1. The maximum absolute atomic E-state index is 12.3. The number of nitrogen functional groups attached to an aromatic ring is 1. The van der Waals surface area contributed by atoms with Crippen molar-refractivity contribution in [1.29, 1.82) is 5.41 Å². The van der Waals surface area contributed by atoms with E-state index in [0.29, 0.717) is 5.56 Å². The lowest BCUT2D eigenvalue weighted by atomic mass is 9.88. The monoisotopic (exact) mass is 532 g/mol. The molecule has 13 heteroatoms. The zero-order chi connectivity index (χ0) is 26.7. The number of rotatable bonds is 5. The number of hydrogen-bond donors (Lipinski definition) is 5. The molecule has 0 spiro atoms. The summed E-state index contributed by atoms with van der Waals surface area (Å²) in [5.41, 5.74) is 5.38. The topological polar surface area (TPSA) is 209 Å². The highest BCUT2D eigenvalue weighted by Crippen LogP contribution is 2.45. The Kier molecular flexibility index (Phi) is 5.92. The first-order valence-electron chi connectivity index (χ1n) is 10.3. The van der Waals surface area contributed by atoms with Gasteiger partial charge in [0.25, 0.3) is 20.2 Å². The van der Waals surface area contributed by atoms with Crippen molar-refractivity contribution in [3.63, 3.8) is 0 Å². The third-order valence-corrected chi connectivity index (χ3v) is 7.58. The molecule has 4 rings (SSSR count). The maximum Gasteiger partial charge on any atom is 0.336 e. The largest absolute Gasteiger partial charge is 0.478 e. The summed E-state index contributed by atoms with van der Waals surface area (Å²) >= 11 is 0. The summed E-state index contributed by atoms with van der Waals surface area (Å²) in [6.07, 6.45) is 0. The Labute approximate surface area is 205 Å². The molecule has 6 N–H and O–H groups in total. The quantitative estimate of drug-likeness (QED) is 0.143. The van der Waals surface area contributed by atoms with Crippen LogP contribution in [0.15, 0.2) is 56.7 Å². The summed E-state index contributed by atoms with van der Waals surface area (Å²) in [4.78, 5) is 10.4. The summed E-state index contributed by atoms with van der Waals surface area (Å²) in [7, 11) is -10.1. The summed E-state index contributed by atoms with van der Waals surface area (Å²) < 4.78 is 74.1. The Morgan fingerprint density at radius 2 is 1.56 bits per heavy atom. The fourth-order valence-electron chi connectivity index (χ4n) is 4.11. The zero-order valence-electron chi connectivity index (χ0n) is 18.8. The molecule has 0 bridgehead atoms. The van der Waals surface area contributed by atoms with Crippen LogP contribution in [0.2, 0.25) is 0 Å². The minimum Gasteiger partial charge on any atom is -0.478 e. The molecule has 1 aliphatic carbocycles. The Morgan fingerprint density at radius 3 is 2.11 bits per heavy atom. The van der Waals surface area contributed by atoms with Crippen molar-refractivity contribution in [3.05, 3.63) is 58.9 Å². The Bertz CT molecular complexity index is 1820. The molecule has 0 atom stereocenters. The van der Waals surface area contributed by atoms with E-state index in [0.717, 1.165) is 6.07 Å². The fraction of sp³-hybridized carbons (Fsp3) is 0.130. The smallest absolute Gasteiger partial charge is 0.336 e. The van der Waals surface area contributed by atoms with Crippen LogP contribution in [-0.2, 0) is 20.2 Å². The summed E-state index contributed by atoms with van der Waals surface area (Å²) in [5, 5.41) is 17.3. The van der Waals surface area contributed by atoms with Crippen molar-refractivity contribution in [2.75, 3.05) is 5.73 Å². The standard InChI is InChI=1S/C23H20N2O9S2/c1-10(2)11-3-4-12(15(9-11)23(26)27)18-13-5-7-16(24)21(35(28,29)30)19(13)34-20-14(18)6-8-17(25)22(20)36(31,32)33/h3-10,24H,25H2,1-2H3,(H,26,27)(H,28,29,30)(H,31,32,33). The third-order valence-electron chi connectivity index (χ3n) is 5.72. The average Bonchev–Trinajstić information content (AvgIpc) is 2.74. The highest BCUT2D eigenvalue weighted by atomic mass is 32.2. The lowest BCUT2D eigenvalue weighted by Gasteiger charge is -2.20. The van der Waals surface area contributed by atoms with E-state index in [2.05, 4.69) is 0 Å². The zero-order valence-corrected chi connectivity index (χ0v) is 20.4. The van der Waals surface area contributed by atoms with Gasteiger partial charge in [0.15, 0.2) is 21.1 Å². The average molecular weight is 533 g/mol. The second-order valence-electron chi connectivity index (χ2n) is 8.37. The van der Waals surface area contributed by atoms with Crippen LogP contribution in [0.4, 0.5) is 5.69 Å². The number of carboxylic acid groups (broad SMARTS) is 1. The van der Waals surface area contributed by atoms with Gasteiger partial charge in [0.1, 0.15) is 0 Å². The molecule has 0 saturated carbocycles. The van der Waals surface area contributed by atoms with E-state index in [-0.39, 0.29) is 33.6 Å². The van der Waals surface area contributed by atoms with Crippen LogP contribution in [0.5, 0.6) is 0 Å². The number of benzene rings is 3. The van der Waals surface area contributed by atoms with Crippen LogP contribution in [0.3, 0.4) is 0 Å². The summed E-state index contributed by atoms with van der Waals surface area (Å²) in [6.45, 7) is 3.73. The van der Waals surface area contributed by atoms with E-state index in [4.69, 9.17) is 15.6 Å². The number of fused-ring (bicyclic) bond motifs is 2. The minimum absolute atomic E-state index is 0.0110. The first kappa shape index (κ1) is 25.3. The van der Waals surface area contributed by atoms with Crippen LogP contribution in [0.25, 0.3) is 33.4 Å². The van der Waals surface area contributed by atoms with E-state index in [1.807, 2.05) is 13.8 Å². The van der Waals surface area contributed by atoms with Crippen LogP contribution in [-0.4, -0.2) is 37.0 Å². The predicted molar refractivity (Wildman–Crippen MR) is 129 cm³/mol. The Balaban J connectivity index is 2.36. The first-order valence-corrected chi connectivity index (χ1v) is 13.2. The SMILES string of the molecule is CC(C)c1ccc(-c2c3ccc(=N)c(S(=O)(=O)O)c-3oc3c(S(=O)(=O)O)c(N)ccc23)c(C(=O)O)c1. The molecule has 36 heavy (non-hydrogen) atoms. The third kappa shape index (κ3) is 4.11. The molecule has 188 valence electrons. The normalized spacial score (nSPS) is 12.5. The number of carbonyl (C=O) groups is 1. The Hall–Kier alpha value is -3.78. The van der Waals surface area contributed by atoms with Gasteiger partial charge in [0, 0.05) is 16.5 Å². The molecule has 2 aromatic rings.